The topological polar surface area (TPSA) is 82.5 Å². The lowest BCUT2D eigenvalue weighted by atomic mass is 10.2. The third-order valence-electron chi connectivity index (χ3n) is 2.29. The van der Waals surface area contributed by atoms with Crippen LogP contribution in [0, 0.1) is 0 Å². The highest BCUT2D eigenvalue weighted by molar-refractivity contribution is 9.10. The Labute approximate surface area is 107 Å². The standard InChI is InChI=1S/C10H13BrN6/c1-3-4-8-13-6(5-7(12)14-8)9-10(11)15-16-17(9)2/h5H,3-4H2,1-2H3,(H2,12,13,14). The van der Waals surface area contributed by atoms with Crippen molar-refractivity contribution in [2.24, 2.45) is 7.05 Å². The number of halogens is 1. The van der Waals surface area contributed by atoms with E-state index in [1.165, 1.54) is 0 Å². The summed E-state index contributed by atoms with van der Waals surface area (Å²) in [7, 11) is 1.81. The molecule has 0 unspecified atom stereocenters. The van der Waals surface area contributed by atoms with Crippen LogP contribution in [-0.4, -0.2) is 25.0 Å². The van der Waals surface area contributed by atoms with Crippen LogP contribution in [0.5, 0.6) is 0 Å². The molecule has 0 amide bonds. The summed E-state index contributed by atoms with van der Waals surface area (Å²) >= 11 is 3.35. The summed E-state index contributed by atoms with van der Waals surface area (Å²) in [6, 6.07) is 1.72. The molecule has 2 aromatic heterocycles. The van der Waals surface area contributed by atoms with E-state index in [0.717, 1.165) is 30.1 Å². The minimum atomic E-state index is 0.464. The van der Waals surface area contributed by atoms with Crippen LogP contribution >= 0.6 is 15.9 Å². The van der Waals surface area contributed by atoms with Gasteiger partial charge in [-0.2, -0.15) is 0 Å². The van der Waals surface area contributed by atoms with Crippen molar-refractivity contribution in [3.8, 4) is 11.4 Å². The number of nitrogens with two attached hydrogens (primary N) is 1. The van der Waals surface area contributed by atoms with Crippen molar-refractivity contribution in [3.63, 3.8) is 0 Å². The van der Waals surface area contributed by atoms with Gasteiger partial charge < -0.3 is 5.73 Å². The van der Waals surface area contributed by atoms with Crippen LogP contribution < -0.4 is 5.73 Å². The molecule has 2 aromatic rings. The Morgan fingerprint density at radius 3 is 2.76 bits per heavy atom. The van der Waals surface area contributed by atoms with E-state index in [1.54, 1.807) is 10.7 Å². The average Bonchev–Trinajstić information content (AvgIpc) is 2.58. The van der Waals surface area contributed by atoms with Crippen molar-refractivity contribution in [3.05, 3.63) is 16.5 Å². The third-order valence-corrected chi connectivity index (χ3v) is 2.83. The molecule has 7 heteroatoms. The Morgan fingerprint density at radius 1 is 1.41 bits per heavy atom. The molecule has 0 saturated heterocycles. The molecule has 0 aromatic carbocycles. The molecule has 2 rings (SSSR count). The first-order valence-corrected chi connectivity index (χ1v) is 6.10. The molecular weight excluding hydrogens is 284 g/mol. The van der Waals surface area contributed by atoms with Crippen molar-refractivity contribution in [2.45, 2.75) is 19.8 Å². The highest BCUT2D eigenvalue weighted by Gasteiger charge is 2.13. The number of aromatic nitrogens is 5. The second kappa shape index (κ2) is 4.79. The van der Waals surface area contributed by atoms with E-state index in [-0.39, 0.29) is 0 Å². The molecule has 0 bridgehead atoms. The van der Waals surface area contributed by atoms with E-state index >= 15 is 0 Å². The summed E-state index contributed by atoms with van der Waals surface area (Å²) in [5.41, 5.74) is 7.32. The van der Waals surface area contributed by atoms with Gasteiger partial charge in [-0.15, -0.1) is 5.10 Å². The molecule has 0 atom stereocenters. The molecule has 0 saturated carbocycles. The van der Waals surface area contributed by atoms with Gasteiger partial charge in [-0.05, 0) is 22.4 Å². The van der Waals surface area contributed by atoms with Crippen molar-refractivity contribution in [1.29, 1.82) is 0 Å². The number of aryl methyl sites for hydroxylation is 2. The van der Waals surface area contributed by atoms with Crippen molar-refractivity contribution in [2.75, 3.05) is 5.73 Å². The Hall–Kier alpha value is -1.50. The molecule has 2 N–H and O–H groups in total. The van der Waals surface area contributed by atoms with E-state index in [1.807, 2.05) is 7.05 Å². The maximum Gasteiger partial charge on any atom is 0.157 e. The number of hydrogen-bond donors (Lipinski definition) is 1. The first kappa shape index (κ1) is 12.0. The smallest absolute Gasteiger partial charge is 0.157 e. The Kier molecular flexibility index (Phi) is 3.37. The zero-order valence-electron chi connectivity index (χ0n) is 9.68. The summed E-state index contributed by atoms with van der Waals surface area (Å²) < 4.78 is 2.31. The molecule has 2 heterocycles. The van der Waals surface area contributed by atoms with Crippen LogP contribution in [0.15, 0.2) is 10.7 Å². The molecule has 90 valence electrons. The summed E-state index contributed by atoms with van der Waals surface area (Å²) in [5, 5.41) is 7.84. The molecule has 0 aliphatic carbocycles. The third kappa shape index (κ3) is 2.44. The summed E-state index contributed by atoms with van der Waals surface area (Å²) in [6.07, 6.45) is 1.79. The van der Waals surface area contributed by atoms with Crippen molar-refractivity contribution >= 4 is 21.7 Å². The second-order valence-corrected chi connectivity index (χ2v) is 4.45. The van der Waals surface area contributed by atoms with E-state index in [0.29, 0.717) is 10.4 Å². The van der Waals surface area contributed by atoms with Gasteiger partial charge in [0.05, 0.1) is 5.69 Å². The minimum absolute atomic E-state index is 0.464. The highest BCUT2D eigenvalue weighted by Crippen LogP contribution is 2.24. The average molecular weight is 297 g/mol. The van der Waals surface area contributed by atoms with Gasteiger partial charge in [-0.3, -0.25) is 0 Å². The zero-order chi connectivity index (χ0) is 12.4. The lowest BCUT2D eigenvalue weighted by Crippen LogP contribution is -2.03. The summed E-state index contributed by atoms with van der Waals surface area (Å²) in [4.78, 5) is 8.66. The molecule has 0 aliphatic heterocycles. The molecule has 0 spiro atoms. The molecule has 6 nitrogen and oxygen atoms in total. The predicted octanol–water partition coefficient (Wildman–Crippen LogP) is 1.57. The van der Waals surface area contributed by atoms with Crippen molar-refractivity contribution in [1.82, 2.24) is 25.0 Å². The van der Waals surface area contributed by atoms with Gasteiger partial charge in [0, 0.05) is 19.5 Å². The lowest BCUT2D eigenvalue weighted by Gasteiger charge is -2.05. The van der Waals surface area contributed by atoms with E-state index < -0.39 is 0 Å². The number of nitrogen functional groups attached to an aromatic ring is 1. The maximum absolute atomic E-state index is 5.78. The van der Waals surface area contributed by atoms with Gasteiger partial charge in [0.25, 0.3) is 0 Å². The summed E-state index contributed by atoms with van der Waals surface area (Å²) in [6.45, 7) is 2.08. The van der Waals surface area contributed by atoms with Gasteiger partial charge in [-0.1, -0.05) is 12.1 Å². The fourth-order valence-electron chi connectivity index (χ4n) is 1.58. The van der Waals surface area contributed by atoms with Crippen LogP contribution in [0.2, 0.25) is 0 Å². The maximum atomic E-state index is 5.78. The van der Waals surface area contributed by atoms with Gasteiger partial charge in [0.2, 0.25) is 0 Å². The Balaban J connectivity index is 2.52. The minimum Gasteiger partial charge on any atom is -0.384 e. The van der Waals surface area contributed by atoms with Gasteiger partial charge in [0.1, 0.15) is 17.3 Å². The van der Waals surface area contributed by atoms with Gasteiger partial charge in [-0.25, -0.2) is 14.6 Å². The first-order valence-electron chi connectivity index (χ1n) is 5.30. The van der Waals surface area contributed by atoms with Gasteiger partial charge >= 0.3 is 0 Å². The quantitative estimate of drug-likeness (QED) is 0.929. The van der Waals surface area contributed by atoms with Crippen molar-refractivity contribution < 1.29 is 0 Å². The predicted molar refractivity (Wildman–Crippen MR) is 68.1 cm³/mol. The van der Waals surface area contributed by atoms with Crippen LogP contribution in [0.3, 0.4) is 0 Å². The molecule has 0 aliphatic rings. The normalized spacial score (nSPS) is 10.8. The SMILES string of the molecule is CCCc1nc(N)cc(-c2c(Br)nnn2C)n1. The first-order chi connectivity index (χ1) is 8.11. The zero-order valence-corrected chi connectivity index (χ0v) is 11.3. The molecular formula is C10H13BrN6. The molecule has 17 heavy (non-hydrogen) atoms. The van der Waals surface area contributed by atoms with Crippen LogP contribution in [-0.2, 0) is 13.5 Å². The van der Waals surface area contributed by atoms with Crippen LogP contribution in [0.1, 0.15) is 19.2 Å². The van der Waals surface area contributed by atoms with Crippen LogP contribution in [0.4, 0.5) is 5.82 Å². The number of hydrogen-bond acceptors (Lipinski definition) is 5. The largest absolute Gasteiger partial charge is 0.384 e. The fourth-order valence-corrected chi connectivity index (χ4v) is 2.11. The van der Waals surface area contributed by atoms with Gasteiger partial charge in [0.15, 0.2) is 4.60 Å². The van der Waals surface area contributed by atoms with E-state index in [9.17, 15) is 0 Å². The number of nitrogens with zero attached hydrogens (tertiary/aromatic N) is 5. The Morgan fingerprint density at radius 2 is 2.18 bits per heavy atom. The molecule has 0 fully saturated rings. The van der Waals surface area contributed by atoms with E-state index in [4.69, 9.17) is 5.73 Å². The monoisotopic (exact) mass is 296 g/mol. The second-order valence-electron chi connectivity index (χ2n) is 3.70. The number of rotatable bonds is 3. The fraction of sp³-hybridized carbons (Fsp3) is 0.400. The molecule has 0 radical (unpaired) electrons. The Bertz CT molecular complexity index is 516. The number of anilines is 1. The van der Waals surface area contributed by atoms with Crippen LogP contribution in [0.25, 0.3) is 11.4 Å². The van der Waals surface area contributed by atoms with E-state index in [2.05, 4.69) is 43.1 Å². The lowest BCUT2D eigenvalue weighted by molar-refractivity contribution is 0.717. The summed E-state index contributed by atoms with van der Waals surface area (Å²) in [5.74, 6) is 1.21. The highest BCUT2D eigenvalue weighted by atomic mass is 79.9.